The zero-order valence-electron chi connectivity index (χ0n) is 10.4. The Morgan fingerprint density at radius 1 is 1.42 bits per heavy atom. The average molecular weight is 273 g/mol. The molecule has 0 heterocycles. The Labute approximate surface area is 109 Å². The molecule has 1 atom stereocenters. The number of nitrogens with zero attached hydrogens (tertiary/aromatic N) is 1. The third-order valence-electron chi connectivity index (χ3n) is 2.47. The van der Waals surface area contributed by atoms with E-state index >= 15 is 0 Å². The molecule has 1 aromatic rings. The minimum absolute atomic E-state index is 0.0891. The largest absolute Gasteiger partial charge is 0.490 e. The van der Waals surface area contributed by atoms with Gasteiger partial charge in [0.05, 0.1) is 23.3 Å². The normalized spacial score (nSPS) is 12.8. The summed E-state index contributed by atoms with van der Waals surface area (Å²) in [5.41, 5.74) is -1.09. The highest BCUT2D eigenvalue weighted by molar-refractivity contribution is 5.43. The van der Waals surface area contributed by atoms with Gasteiger partial charge in [-0.15, -0.1) is 0 Å². The van der Waals surface area contributed by atoms with Crippen LogP contribution in [-0.2, 0) is 6.18 Å². The van der Waals surface area contributed by atoms with Crippen molar-refractivity contribution in [2.24, 2.45) is 0 Å². The molecular weight excluding hydrogens is 259 g/mol. The first-order chi connectivity index (χ1) is 8.88. The molecule has 3 nitrogen and oxygen atoms in total. The zero-order chi connectivity index (χ0) is 14.5. The molecule has 0 aliphatic heterocycles. The molecule has 0 aliphatic carbocycles. The van der Waals surface area contributed by atoms with Crippen LogP contribution >= 0.6 is 0 Å². The maximum Gasteiger partial charge on any atom is 0.420 e. The van der Waals surface area contributed by atoms with Gasteiger partial charge in [0.1, 0.15) is 12.4 Å². The van der Waals surface area contributed by atoms with Crippen molar-refractivity contribution in [2.75, 3.05) is 6.61 Å². The number of benzene rings is 1. The van der Waals surface area contributed by atoms with Crippen molar-refractivity contribution >= 4 is 0 Å². The number of hydrogen-bond acceptors (Lipinski definition) is 3. The highest BCUT2D eigenvalue weighted by Crippen LogP contribution is 2.36. The van der Waals surface area contributed by atoms with Gasteiger partial charge >= 0.3 is 6.18 Å². The summed E-state index contributed by atoms with van der Waals surface area (Å²) in [4.78, 5) is 0. The Morgan fingerprint density at radius 2 is 2.11 bits per heavy atom. The molecule has 0 radical (unpaired) electrons. The van der Waals surface area contributed by atoms with Gasteiger partial charge < -0.3 is 9.84 Å². The fourth-order valence-electron chi connectivity index (χ4n) is 1.55. The lowest BCUT2D eigenvalue weighted by Crippen LogP contribution is -2.19. The van der Waals surface area contributed by atoms with Crippen LogP contribution in [0.3, 0.4) is 0 Å². The Balaban J connectivity index is 2.91. The number of aliphatic hydroxyl groups excluding tert-OH is 1. The lowest BCUT2D eigenvalue weighted by atomic mass is 10.1. The van der Waals surface area contributed by atoms with E-state index in [0.29, 0.717) is 12.8 Å². The predicted molar refractivity (Wildman–Crippen MR) is 62.6 cm³/mol. The Morgan fingerprint density at radius 3 is 2.63 bits per heavy atom. The summed E-state index contributed by atoms with van der Waals surface area (Å²) >= 11 is 0. The smallest absolute Gasteiger partial charge is 0.420 e. The second-order valence-corrected chi connectivity index (χ2v) is 4.07. The SMILES string of the molecule is CCCC(O)COc1ccc(C#N)cc1C(F)(F)F. The highest BCUT2D eigenvalue weighted by atomic mass is 19.4. The quantitative estimate of drug-likeness (QED) is 0.896. The molecule has 0 saturated carbocycles. The maximum absolute atomic E-state index is 12.8. The van der Waals surface area contributed by atoms with Crippen LogP contribution in [-0.4, -0.2) is 17.8 Å². The highest BCUT2D eigenvalue weighted by Gasteiger charge is 2.34. The molecule has 0 aliphatic rings. The average Bonchev–Trinajstić information content (AvgIpc) is 2.35. The van der Waals surface area contributed by atoms with E-state index in [9.17, 15) is 18.3 Å². The van der Waals surface area contributed by atoms with Crippen molar-refractivity contribution in [1.29, 1.82) is 5.26 Å². The lowest BCUT2D eigenvalue weighted by molar-refractivity contribution is -0.139. The molecule has 0 saturated heterocycles. The molecule has 1 rings (SSSR count). The van der Waals surface area contributed by atoms with Gasteiger partial charge in [-0.05, 0) is 24.6 Å². The second kappa shape index (κ2) is 6.43. The van der Waals surface area contributed by atoms with E-state index in [4.69, 9.17) is 10.00 Å². The van der Waals surface area contributed by atoms with E-state index in [-0.39, 0.29) is 17.9 Å². The van der Waals surface area contributed by atoms with Crippen molar-refractivity contribution in [2.45, 2.75) is 32.0 Å². The minimum Gasteiger partial charge on any atom is -0.490 e. The van der Waals surface area contributed by atoms with Crippen molar-refractivity contribution in [3.8, 4) is 11.8 Å². The molecule has 0 aromatic heterocycles. The van der Waals surface area contributed by atoms with Crippen LogP contribution in [0, 0.1) is 11.3 Å². The summed E-state index contributed by atoms with van der Waals surface area (Å²) in [6, 6.07) is 4.73. The molecule has 0 amide bonds. The topological polar surface area (TPSA) is 53.2 Å². The van der Waals surface area contributed by atoms with Crippen LogP contribution < -0.4 is 4.74 Å². The van der Waals surface area contributed by atoms with Crippen LogP contribution in [0.15, 0.2) is 18.2 Å². The fraction of sp³-hybridized carbons (Fsp3) is 0.462. The second-order valence-electron chi connectivity index (χ2n) is 4.07. The summed E-state index contributed by atoms with van der Waals surface area (Å²) in [6.07, 6.45) is -4.23. The Bertz CT molecular complexity index is 466. The molecule has 0 fully saturated rings. The molecule has 1 aromatic carbocycles. The van der Waals surface area contributed by atoms with Crippen molar-refractivity contribution < 1.29 is 23.0 Å². The Kier molecular flexibility index (Phi) is 5.19. The number of alkyl halides is 3. The first-order valence-corrected chi connectivity index (χ1v) is 5.80. The van der Waals surface area contributed by atoms with Crippen LogP contribution in [0.1, 0.15) is 30.9 Å². The molecule has 0 spiro atoms. The standard InChI is InChI=1S/C13H14F3NO2/c1-2-3-10(18)8-19-12-5-4-9(7-17)6-11(12)13(14,15)16/h4-6,10,18H,2-3,8H2,1H3. The van der Waals surface area contributed by atoms with E-state index in [1.807, 2.05) is 6.92 Å². The monoisotopic (exact) mass is 273 g/mol. The summed E-state index contributed by atoms with van der Waals surface area (Å²) in [7, 11) is 0. The summed E-state index contributed by atoms with van der Waals surface area (Å²) in [6.45, 7) is 1.65. The van der Waals surface area contributed by atoms with E-state index in [1.165, 1.54) is 6.07 Å². The molecular formula is C13H14F3NO2. The molecule has 1 N–H and O–H groups in total. The lowest BCUT2D eigenvalue weighted by Gasteiger charge is -2.16. The van der Waals surface area contributed by atoms with Gasteiger partial charge in [-0.3, -0.25) is 0 Å². The maximum atomic E-state index is 12.8. The van der Waals surface area contributed by atoms with Crippen molar-refractivity contribution in [1.82, 2.24) is 0 Å². The van der Waals surface area contributed by atoms with E-state index in [1.54, 1.807) is 6.07 Å². The summed E-state index contributed by atoms with van der Waals surface area (Å²) in [5, 5.41) is 18.1. The molecule has 0 bridgehead atoms. The van der Waals surface area contributed by atoms with Gasteiger partial charge in [0.25, 0.3) is 0 Å². The van der Waals surface area contributed by atoms with Gasteiger partial charge in [-0.25, -0.2) is 0 Å². The van der Waals surface area contributed by atoms with Gasteiger partial charge in [0.15, 0.2) is 0 Å². The number of halogens is 3. The fourth-order valence-corrected chi connectivity index (χ4v) is 1.55. The van der Waals surface area contributed by atoms with E-state index in [0.717, 1.165) is 12.1 Å². The van der Waals surface area contributed by atoms with Gasteiger partial charge in [-0.1, -0.05) is 13.3 Å². The number of hydrogen-bond donors (Lipinski definition) is 1. The van der Waals surface area contributed by atoms with Gasteiger partial charge in [0.2, 0.25) is 0 Å². The first kappa shape index (κ1) is 15.3. The summed E-state index contributed by atoms with van der Waals surface area (Å²) in [5.74, 6) is -0.373. The molecule has 6 heteroatoms. The third-order valence-corrected chi connectivity index (χ3v) is 2.47. The first-order valence-electron chi connectivity index (χ1n) is 5.80. The molecule has 19 heavy (non-hydrogen) atoms. The van der Waals surface area contributed by atoms with Gasteiger partial charge in [-0.2, -0.15) is 18.4 Å². The number of ether oxygens (including phenoxy) is 1. The van der Waals surface area contributed by atoms with Crippen LogP contribution in [0.4, 0.5) is 13.2 Å². The van der Waals surface area contributed by atoms with E-state index < -0.39 is 17.8 Å². The number of nitriles is 1. The zero-order valence-corrected chi connectivity index (χ0v) is 10.4. The minimum atomic E-state index is -4.60. The van der Waals surface area contributed by atoms with Crippen molar-refractivity contribution in [3.05, 3.63) is 29.3 Å². The van der Waals surface area contributed by atoms with Crippen LogP contribution in [0.2, 0.25) is 0 Å². The summed E-state index contributed by atoms with van der Waals surface area (Å²) < 4.78 is 43.4. The third kappa shape index (κ3) is 4.45. The van der Waals surface area contributed by atoms with Crippen LogP contribution in [0.25, 0.3) is 0 Å². The number of rotatable bonds is 5. The van der Waals surface area contributed by atoms with Crippen LogP contribution in [0.5, 0.6) is 5.75 Å². The molecule has 104 valence electrons. The number of aliphatic hydroxyl groups is 1. The molecule has 1 unspecified atom stereocenters. The predicted octanol–water partition coefficient (Wildman–Crippen LogP) is 3.12. The van der Waals surface area contributed by atoms with E-state index in [2.05, 4.69) is 0 Å². The van der Waals surface area contributed by atoms with Gasteiger partial charge in [0, 0.05) is 0 Å². The van der Waals surface area contributed by atoms with Crippen molar-refractivity contribution in [3.63, 3.8) is 0 Å². The Hall–Kier alpha value is -1.74.